The molecule has 0 aliphatic carbocycles. The summed E-state index contributed by atoms with van der Waals surface area (Å²) in [6, 6.07) is 7.38. The summed E-state index contributed by atoms with van der Waals surface area (Å²) in [6.45, 7) is 0.267. The van der Waals surface area contributed by atoms with E-state index in [4.69, 9.17) is 5.73 Å². The van der Waals surface area contributed by atoms with Crippen LogP contribution in [0.3, 0.4) is 0 Å². The third-order valence-electron chi connectivity index (χ3n) is 2.76. The number of thioether (sulfide) groups is 1. The van der Waals surface area contributed by atoms with Crippen LogP contribution in [0.25, 0.3) is 0 Å². The third-order valence-corrected chi connectivity index (χ3v) is 5.35. The van der Waals surface area contributed by atoms with Crippen LogP contribution in [0.5, 0.6) is 0 Å². The highest BCUT2D eigenvalue weighted by molar-refractivity contribution is 8.00. The van der Waals surface area contributed by atoms with Gasteiger partial charge in [0.25, 0.3) is 0 Å². The Morgan fingerprint density at radius 2 is 2.05 bits per heavy atom. The van der Waals surface area contributed by atoms with Gasteiger partial charge in [-0.15, -0.1) is 11.8 Å². The van der Waals surface area contributed by atoms with Crippen LogP contribution in [-0.2, 0) is 23.6 Å². The predicted octanol–water partition coefficient (Wildman–Crippen LogP) is 1.21. The van der Waals surface area contributed by atoms with E-state index in [9.17, 15) is 8.42 Å². The summed E-state index contributed by atoms with van der Waals surface area (Å²) in [7, 11) is -1.49. The summed E-state index contributed by atoms with van der Waals surface area (Å²) in [5, 5.41) is 3.99. The molecule has 1 aromatic heterocycles. The minimum Gasteiger partial charge on any atom is -0.399 e. The van der Waals surface area contributed by atoms with Gasteiger partial charge >= 0.3 is 0 Å². The molecule has 21 heavy (non-hydrogen) atoms. The van der Waals surface area contributed by atoms with Gasteiger partial charge < -0.3 is 5.73 Å². The van der Waals surface area contributed by atoms with Crippen LogP contribution in [0.2, 0.25) is 0 Å². The number of nitrogens with two attached hydrogens (primary N) is 1. The van der Waals surface area contributed by atoms with E-state index in [0.29, 0.717) is 11.4 Å². The van der Waals surface area contributed by atoms with E-state index in [1.807, 2.05) is 12.1 Å². The first-order chi connectivity index (χ1) is 9.94. The summed E-state index contributed by atoms with van der Waals surface area (Å²) >= 11 is 1.49. The monoisotopic (exact) mass is 326 g/mol. The van der Waals surface area contributed by atoms with Gasteiger partial charge in [-0.1, -0.05) is 0 Å². The molecule has 0 amide bonds. The Kier molecular flexibility index (Phi) is 5.27. The van der Waals surface area contributed by atoms with E-state index >= 15 is 0 Å². The number of nitrogens with one attached hydrogen (secondary N) is 1. The largest absolute Gasteiger partial charge is 0.399 e. The Morgan fingerprint density at radius 1 is 1.33 bits per heavy atom. The van der Waals surface area contributed by atoms with Crippen molar-refractivity contribution in [1.29, 1.82) is 0 Å². The van der Waals surface area contributed by atoms with E-state index in [2.05, 4.69) is 9.82 Å². The van der Waals surface area contributed by atoms with Crippen LogP contribution in [-0.4, -0.2) is 29.7 Å². The Morgan fingerprint density at radius 3 is 2.67 bits per heavy atom. The molecule has 114 valence electrons. The van der Waals surface area contributed by atoms with Crippen molar-refractivity contribution in [2.45, 2.75) is 11.4 Å². The first-order valence-electron chi connectivity index (χ1n) is 6.38. The fraction of sp³-hybridized carbons (Fsp3) is 0.308. The van der Waals surface area contributed by atoms with Gasteiger partial charge in [-0.3, -0.25) is 4.68 Å². The molecule has 0 fully saturated rings. The molecule has 2 aromatic rings. The predicted molar refractivity (Wildman–Crippen MR) is 85.4 cm³/mol. The highest BCUT2D eigenvalue weighted by Gasteiger charge is 2.10. The van der Waals surface area contributed by atoms with Crippen molar-refractivity contribution in [1.82, 2.24) is 14.5 Å². The number of benzene rings is 1. The van der Waals surface area contributed by atoms with Crippen LogP contribution < -0.4 is 10.5 Å². The maximum absolute atomic E-state index is 11.9. The zero-order valence-corrected chi connectivity index (χ0v) is 13.3. The van der Waals surface area contributed by atoms with Crippen LogP contribution >= 0.6 is 11.8 Å². The molecule has 0 radical (unpaired) electrons. The average molecular weight is 326 g/mol. The quantitative estimate of drug-likeness (QED) is 0.590. The molecule has 0 aliphatic heterocycles. The smallest absolute Gasteiger partial charge is 0.212 e. The van der Waals surface area contributed by atoms with Crippen molar-refractivity contribution >= 4 is 27.5 Å². The SMILES string of the molecule is Cn1cc(CNS(=O)(=O)CCSc2ccc(N)cc2)cn1. The molecule has 8 heteroatoms. The molecule has 0 spiro atoms. The molecule has 0 saturated heterocycles. The normalized spacial score (nSPS) is 11.7. The number of nitrogen functional groups attached to an aromatic ring is 1. The molecular formula is C13H18N4O2S2. The first-order valence-corrected chi connectivity index (χ1v) is 9.01. The van der Waals surface area contributed by atoms with Crippen molar-refractivity contribution in [3.8, 4) is 0 Å². The average Bonchev–Trinajstić information content (AvgIpc) is 2.85. The van der Waals surface area contributed by atoms with E-state index in [1.165, 1.54) is 11.8 Å². The Bertz CT molecular complexity index is 680. The van der Waals surface area contributed by atoms with Gasteiger partial charge in [0.1, 0.15) is 0 Å². The van der Waals surface area contributed by atoms with Gasteiger partial charge in [-0.25, -0.2) is 13.1 Å². The maximum atomic E-state index is 11.9. The fourth-order valence-corrected chi connectivity index (χ4v) is 3.97. The number of hydrogen-bond donors (Lipinski definition) is 2. The number of anilines is 1. The summed E-state index contributed by atoms with van der Waals surface area (Å²) in [4.78, 5) is 1.01. The van der Waals surface area contributed by atoms with Crippen molar-refractivity contribution in [3.63, 3.8) is 0 Å². The Hall–Kier alpha value is -1.51. The van der Waals surface area contributed by atoms with Crippen LogP contribution in [0, 0.1) is 0 Å². The molecule has 1 aromatic carbocycles. The molecule has 0 unspecified atom stereocenters. The number of sulfonamides is 1. The highest BCUT2D eigenvalue weighted by Crippen LogP contribution is 2.19. The Labute approximate surface area is 128 Å². The van der Waals surface area contributed by atoms with Crippen molar-refractivity contribution in [2.75, 3.05) is 17.2 Å². The van der Waals surface area contributed by atoms with Gasteiger partial charge in [0.15, 0.2) is 0 Å². The fourth-order valence-electron chi connectivity index (χ4n) is 1.66. The summed E-state index contributed by atoms with van der Waals surface area (Å²) in [5.74, 6) is 0.564. The third kappa shape index (κ3) is 5.41. The molecule has 2 rings (SSSR count). The van der Waals surface area contributed by atoms with Crippen LogP contribution in [0.1, 0.15) is 5.56 Å². The van der Waals surface area contributed by atoms with Gasteiger partial charge in [-0.05, 0) is 24.3 Å². The molecular weight excluding hydrogens is 308 g/mol. The molecule has 1 heterocycles. The lowest BCUT2D eigenvalue weighted by atomic mass is 10.3. The lowest BCUT2D eigenvalue weighted by molar-refractivity contribution is 0.583. The van der Waals surface area contributed by atoms with Gasteiger partial charge in [-0.2, -0.15) is 5.10 Å². The molecule has 0 bridgehead atoms. The summed E-state index contributed by atoms with van der Waals surface area (Å²) in [6.07, 6.45) is 3.43. The zero-order valence-electron chi connectivity index (χ0n) is 11.7. The minimum atomic E-state index is -3.28. The number of aromatic nitrogens is 2. The van der Waals surface area contributed by atoms with Gasteiger partial charge in [0.2, 0.25) is 10.0 Å². The van der Waals surface area contributed by atoms with E-state index in [0.717, 1.165) is 10.5 Å². The van der Waals surface area contributed by atoms with Crippen molar-refractivity contribution in [3.05, 3.63) is 42.2 Å². The van der Waals surface area contributed by atoms with Crippen LogP contribution in [0.4, 0.5) is 5.69 Å². The second kappa shape index (κ2) is 6.97. The summed E-state index contributed by atoms with van der Waals surface area (Å²) in [5.41, 5.74) is 7.14. The van der Waals surface area contributed by atoms with E-state index in [1.54, 1.807) is 36.3 Å². The number of aryl methyl sites for hydroxylation is 1. The van der Waals surface area contributed by atoms with Crippen LogP contribution in [0.15, 0.2) is 41.6 Å². The molecule has 0 atom stereocenters. The maximum Gasteiger partial charge on any atom is 0.212 e. The lowest BCUT2D eigenvalue weighted by Crippen LogP contribution is -2.26. The van der Waals surface area contributed by atoms with Gasteiger partial charge in [0.05, 0.1) is 11.9 Å². The number of nitrogens with zero attached hydrogens (tertiary/aromatic N) is 2. The number of hydrogen-bond acceptors (Lipinski definition) is 5. The van der Waals surface area contributed by atoms with Gasteiger partial charge in [0, 0.05) is 41.7 Å². The van der Waals surface area contributed by atoms with E-state index < -0.39 is 10.0 Å². The standard InChI is InChI=1S/C13H18N4O2S2/c1-17-10-11(8-15-17)9-16-21(18,19)7-6-20-13-4-2-12(14)3-5-13/h2-5,8,10,16H,6-7,9,14H2,1H3. The minimum absolute atomic E-state index is 0.0717. The second-order valence-electron chi connectivity index (χ2n) is 4.58. The molecule has 0 saturated carbocycles. The molecule has 6 nitrogen and oxygen atoms in total. The molecule has 3 N–H and O–H groups in total. The molecule has 0 aliphatic rings. The zero-order chi connectivity index (χ0) is 15.3. The highest BCUT2D eigenvalue weighted by atomic mass is 32.2. The second-order valence-corrected chi connectivity index (χ2v) is 7.67. The topological polar surface area (TPSA) is 90.0 Å². The number of rotatable bonds is 7. The lowest BCUT2D eigenvalue weighted by Gasteiger charge is -2.06. The van der Waals surface area contributed by atoms with Crippen molar-refractivity contribution in [2.24, 2.45) is 7.05 Å². The Balaban J connectivity index is 1.77. The first kappa shape index (κ1) is 15.9. The van der Waals surface area contributed by atoms with Crippen molar-refractivity contribution < 1.29 is 8.42 Å². The van der Waals surface area contributed by atoms with E-state index in [-0.39, 0.29) is 12.3 Å². The summed E-state index contributed by atoms with van der Waals surface area (Å²) < 4.78 is 28.0.